The molecule has 116 valence electrons. The first-order chi connectivity index (χ1) is 11.2. The molecule has 3 heteroatoms. The van der Waals surface area contributed by atoms with Crippen molar-refractivity contribution in [2.24, 2.45) is 0 Å². The van der Waals surface area contributed by atoms with Crippen LogP contribution in [0.5, 0.6) is 0 Å². The van der Waals surface area contributed by atoms with E-state index < -0.39 is 0 Å². The van der Waals surface area contributed by atoms with Crippen molar-refractivity contribution >= 4 is 5.91 Å². The van der Waals surface area contributed by atoms with Gasteiger partial charge >= 0.3 is 0 Å². The van der Waals surface area contributed by atoms with Crippen LogP contribution < -0.4 is 5.32 Å². The van der Waals surface area contributed by atoms with Crippen molar-refractivity contribution in [2.45, 2.75) is 31.0 Å². The van der Waals surface area contributed by atoms with Gasteiger partial charge in [0.05, 0.1) is 12.1 Å². The number of piperazine rings is 1. The summed E-state index contributed by atoms with van der Waals surface area (Å²) in [5, 5.41) is 2.98. The monoisotopic (exact) mass is 304 g/mol. The fourth-order valence-corrected chi connectivity index (χ4v) is 3.97. The predicted octanol–water partition coefficient (Wildman–Crippen LogP) is 3.06. The number of hydrogen-bond acceptors (Lipinski definition) is 2. The molecule has 3 atom stereocenters. The maximum atomic E-state index is 12.4. The normalized spacial score (nSPS) is 27.0. The highest BCUT2D eigenvalue weighted by Gasteiger charge is 2.49. The zero-order chi connectivity index (χ0) is 15.8. The molecule has 4 rings (SSSR count). The molecule has 2 aliphatic rings. The smallest absolute Gasteiger partial charge is 0.241 e. The molecule has 0 radical (unpaired) electrons. The van der Waals surface area contributed by atoms with Crippen molar-refractivity contribution < 1.29 is 4.79 Å². The molecule has 0 aromatic heterocycles. The lowest BCUT2D eigenvalue weighted by Crippen LogP contribution is -2.53. The minimum atomic E-state index is -0.0732. The van der Waals surface area contributed by atoms with Gasteiger partial charge in [-0.15, -0.1) is 0 Å². The third kappa shape index (κ3) is 2.47. The summed E-state index contributed by atoms with van der Waals surface area (Å²) in [5.74, 6) is 0.400. The van der Waals surface area contributed by atoms with Gasteiger partial charge in [0.25, 0.3) is 0 Å². The van der Waals surface area contributed by atoms with Crippen molar-refractivity contribution in [3.63, 3.8) is 0 Å². The quantitative estimate of drug-likeness (QED) is 0.945. The van der Waals surface area contributed by atoms with Crippen LogP contribution in [0.15, 0.2) is 72.9 Å². The molecule has 2 heterocycles. The molecule has 2 aliphatic heterocycles. The number of carbonyl (C=O) groups excluding carboxylic acids is 1. The molecular formula is C20H20N2O. The first-order valence-corrected chi connectivity index (χ1v) is 8.08. The van der Waals surface area contributed by atoms with Gasteiger partial charge in [0.1, 0.15) is 0 Å². The summed E-state index contributed by atoms with van der Waals surface area (Å²) in [6.07, 6.45) is 0.854. The summed E-state index contributed by atoms with van der Waals surface area (Å²) in [4.78, 5) is 14.7. The molecule has 1 N–H and O–H groups in total. The molecule has 2 fully saturated rings. The van der Waals surface area contributed by atoms with Crippen molar-refractivity contribution in [1.29, 1.82) is 0 Å². The zero-order valence-electron chi connectivity index (χ0n) is 13.0. The Balaban J connectivity index is 1.69. The van der Waals surface area contributed by atoms with Crippen LogP contribution >= 0.6 is 0 Å². The van der Waals surface area contributed by atoms with Crippen LogP contribution in [0, 0.1) is 0 Å². The fraction of sp³-hybridized carbons (Fsp3) is 0.250. The summed E-state index contributed by atoms with van der Waals surface area (Å²) >= 11 is 0. The summed E-state index contributed by atoms with van der Waals surface area (Å²) < 4.78 is 0. The molecule has 23 heavy (non-hydrogen) atoms. The number of nitrogens with zero attached hydrogens (tertiary/aromatic N) is 1. The standard InChI is InChI=1S/C20H20N2O/c1-14-19-17(16-10-6-3-7-11-16)12-18(20(23)21-14)22(19)13-15-8-4-2-5-9-15/h2-11,17-19H,1,12-13H2,(H,21,23)/t17-,18+,19+/m1/s1. The van der Waals surface area contributed by atoms with Gasteiger partial charge < -0.3 is 5.32 Å². The van der Waals surface area contributed by atoms with E-state index in [1.54, 1.807) is 0 Å². The second-order valence-electron chi connectivity index (χ2n) is 6.39. The lowest BCUT2D eigenvalue weighted by molar-refractivity contribution is -0.127. The van der Waals surface area contributed by atoms with E-state index in [-0.39, 0.29) is 18.0 Å². The predicted molar refractivity (Wildman–Crippen MR) is 90.6 cm³/mol. The molecule has 0 saturated carbocycles. The Hall–Kier alpha value is -2.39. The van der Waals surface area contributed by atoms with Crippen LogP contribution in [0.3, 0.4) is 0 Å². The van der Waals surface area contributed by atoms with Gasteiger partial charge in [-0.25, -0.2) is 0 Å². The number of carbonyl (C=O) groups is 1. The largest absolute Gasteiger partial charge is 0.327 e. The van der Waals surface area contributed by atoms with Crippen LogP contribution in [-0.2, 0) is 11.3 Å². The second kappa shape index (κ2) is 5.67. The van der Waals surface area contributed by atoms with Gasteiger partial charge in [0.15, 0.2) is 0 Å². The Morgan fingerprint density at radius 3 is 2.39 bits per heavy atom. The van der Waals surface area contributed by atoms with Crippen molar-refractivity contribution in [1.82, 2.24) is 10.2 Å². The highest BCUT2D eigenvalue weighted by Crippen LogP contribution is 2.43. The van der Waals surface area contributed by atoms with Crippen LogP contribution in [0.4, 0.5) is 0 Å². The Morgan fingerprint density at radius 1 is 1.04 bits per heavy atom. The summed E-state index contributed by atoms with van der Waals surface area (Å²) in [6.45, 7) is 4.92. The number of hydrogen-bond donors (Lipinski definition) is 1. The van der Waals surface area contributed by atoms with E-state index in [0.29, 0.717) is 5.92 Å². The van der Waals surface area contributed by atoms with Gasteiger partial charge in [-0.1, -0.05) is 67.2 Å². The lowest BCUT2D eigenvalue weighted by atomic mass is 9.90. The molecule has 1 amide bonds. The maximum absolute atomic E-state index is 12.4. The first-order valence-electron chi connectivity index (χ1n) is 8.08. The summed E-state index contributed by atoms with van der Waals surface area (Å²) in [7, 11) is 0. The topological polar surface area (TPSA) is 32.3 Å². The van der Waals surface area contributed by atoms with Gasteiger partial charge in [-0.05, 0) is 17.5 Å². The van der Waals surface area contributed by atoms with E-state index in [4.69, 9.17) is 0 Å². The third-order valence-electron chi connectivity index (χ3n) is 5.00. The van der Waals surface area contributed by atoms with E-state index in [0.717, 1.165) is 18.7 Å². The number of benzene rings is 2. The average molecular weight is 304 g/mol. The third-order valence-corrected chi connectivity index (χ3v) is 5.00. The molecule has 0 aliphatic carbocycles. The SMILES string of the molecule is C=C1NC(=O)[C@@H]2C[C@H](c3ccccc3)[C@H]1N2Cc1ccccc1. The van der Waals surface area contributed by atoms with Crippen LogP contribution in [0.2, 0.25) is 0 Å². The lowest BCUT2D eigenvalue weighted by Gasteiger charge is -2.37. The molecule has 0 unspecified atom stereocenters. The number of rotatable bonds is 3. The fourth-order valence-electron chi connectivity index (χ4n) is 3.97. The second-order valence-corrected chi connectivity index (χ2v) is 6.39. The molecule has 2 saturated heterocycles. The van der Waals surface area contributed by atoms with Crippen LogP contribution in [-0.4, -0.2) is 22.9 Å². The zero-order valence-corrected chi connectivity index (χ0v) is 13.0. The highest BCUT2D eigenvalue weighted by molar-refractivity contribution is 5.86. The minimum absolute atomic E-state index is 0.0732. The van der Waals surface area contributed by atoms with Crippen LogP contribution in [0.1, 0.15) is 23.5 Å². The number of amides is 1. The highest BCUT2D eigenvalue weighted by atomic mass is 16.2. The summed E-state index contributed by atoms with van der Waals surface area (Å²) in [6, 6.07) is 20.9. The van der Waals surface area contributed by atoms with Gasteiger partial charge in [0, 0.05) is 18.2 Å². The van der Waals surface area contributed by atoms with E-state index in [1.165, 1.54) is 11.1 Å². The molecular weight excluding hydrogens is 284 g/mol. The summed E-state index contributed by atoms with van der Waals surface area (Å²) in [5.41, 5.74) is 3.35. The van der Waals surface area contributed by atoms with Crippen molar-refractivity contribution in [3.05, 3.63) is 84.1 Å². The molecule has 3 nitrogen and oxygen atoms in total. The van der Waals surface area contributed by atoms with Crippen molar-refractivity contribution in [3.8, 4) is 0 Å². The number of fused-ring (bicyclic) bond motifs is 2. The molecule has 0 spiro atoms. The van der Waals surface area contributed by atoms with E-state index in [9.17, 15) is 4.79 Å². The van der Waals surface area contributed by atoms with Gasteiger partial charge in [-0.2, -0.15) is 0 Å². The minimum Gasteiger partial charge on any atom is -0.327 e. The molecule has 2 aromatic rings. The average Bonchev–Trinajstić information content (AvgIpc) is 2.89. The first kappa shape index (κ1) is 14.2. The Morgan fingerprint density at radius 2 is 1.70 bits per heavy atom. The molecule has 2 aromatic carbocycles. The number of nitrogens with one attached hydrogen (secondary N) is 1. The van der Waals surface area contributed by atoms with Gasteiger partial charge in [-0.3, -0.25) is 9.69 Å². The van der Waals surface area contributed by atoms with Crippen LogP contribution in [0.25, 0.3) is 0 Å². The van der Waals surface area contributed by atoms with Gasteiger partial charge in [0.2, 0.25) is 5.91 Å². The van der Waals surface area contributed by atoms with E-state index >= 15 is 0 Å². The maximum Gasteiger partial charge on any atom is 0.241 e. The Bertz CT molecular complexity index is 726. The van der Waals surface area contributed by atoms with Crippen molar-refractivity contribution in [2.75, 3.05) is 0 Å². The van der Waals surface area contributed by atoms with E-state index in [2.05, 4.69) is 53.2 Å². The Labute approximate surface area is 136 Å². The molecule has 2 bridgehead atoms. The van der Waals surface area contributed by atoms with E-state index in [1.807, 2.05) is 24.3 Å². The Kier molecular flexibility index (Phi) is 3.50.